The largest absolute Gasteiger partial charge is 0.495 e. The lowest BCUT2D eigenvalue weighted by molar-refractivity contribution is 0.102. The molecule has 0 atom stereocenters. The van der Waals surface area contributed by atoms with Gasteiger partial charge in [0, 0.05) is 10.9 Å². The normalized spacial score (nSPS) is 10.9. The van der Waals surface area contributed by atoms with Crippen LogP contribution >= 0.6 is 11.3 Å². The predicted octanol–water partition coefficient (Wildman–Crippen LogP) is 5.78. The third-order valence-corrected chi connectivity index (χ3v) is 6.15. The Balaban J connectivity index is 1.58. The number of nitrogens with zero attached hydrogens (tertiary/aromatic N) is 2. The number of pyridine rings is 1. The van der Waals surface area contributed by atoms with Gasteiger partial charge in [-0.15, -0.1) is 0 Å². The van der Waals surface area contributed by atoms with Crippen molar-refractivity contribution in [3.63, 3.8) is 0 Å². The number of thiazole rings is 1. The lowest BCUT2D eigenvalue weighted by atomic mass is 10.0. The second-order valence-corrected chi connectivity index (χ2v) is 8.06. The van der Waals surface area contributed by atoms with Crippen molar-refractivity contribution in [1.82, 2.24) is 9.97 Å². The summed E-state index contributed by atoms with van der Waals surface area (Å²) in [7, 11) is 3.19. The highest BCUT2D eigenvalue weighted by Crippen LogP contribution is 2.39. The number of anilines is 1. The molecule has 0 unspecified atom stereocenters. The van der Waals surface area contributed by atoms with Gasteiger partial charge in [-0.1, -0.05) is 59.9 Å². The molecule has 0 spiro atoms. The fourth-order valence-corrected chi connectivity index (χ4v) is 4.59. The van der Waals surface area contributed by atoms with Crippen LogP contribution in [0.3, 0.4) is 0 Å². The molecular formula is C25H19N3O3S. The molecule has 0 aliphatic heterocycles. The summed E-state index contributed by atoms with van der Waals surface area (Å²) < 4.78 is 11.7. The van der Waals surface area contributed by atoms with E-state index in [-0.39, 0.29) is 5.91 Å². The van der Waals surface area contributed by atoms with Crippen LogP contribution in [0.2, 0.25) is 0 Å². The minimum absolute atomic E-state index is 0.252. The van der Waals surface area contributed by atoms with Gasteiger partial charge in [-0.25, -0.2) is 9.97 Å². The van der Waals surface area contributed by atoms with Crippen molar-refractivity contribution >= 4 is 43.5 Å². The number of para-hydroxylation sites is 1. The maximum atomic E-state index is 13.4. The maximum absolute atomic E-state index is 13.4. The van der Waals surface area contributed by atoms with Crippen LogP contribution in [0, 0.1) is 0 Å². The number of benzene rings is 3. The summed E-state index contributed by atoms with van der Waals surface area (Å²) in [4.78, 5) is 22.7. The van der Waals surface area contributed by atoms with E-state index in [0.717, 1.165) is 26.9 Å². The van der Waals surface area contributed by atoms with Gasteiger partial charge in [0.05, 0.1) is 31.0 Å². The van der Waals surface area contributed by atoms with Gasteiger partial charge in [-0.2, -0.15) is 0 Å². The molecule has 0 fully saturated rings. The zero-order chi connectivity index (χ0) is 22.1. The molecule has 0 saturated heterocycles. The van der Waals surface area contributed by atoms with E-state index in [9.17, 15) is 4.79 Å². The van der Waals surface area contributed by atoms with E-state index in [0.29, 0.717) is 27.7 Å². The number of fused-ring (bicyclic) bond motifs is 2. The summed E-state index contributed by atoms with van der Waals surface area (Å²) >= 11 is 1.34. The SMILES string of the molecule is COc1ccc(OC)c2sc(NC(=O)c3cc(-c4ccccc4)nc4ccccc34)nc12. The van der Waals surface area contributed by atoms with Crippen LogP contribution in [0.5, 0.6) is 11.5 Å². The molecule has 7 heteroatoms. The molecule has 0 radical (unpaired) electrons. The van der Waals surface area contributed by atoms with Crippen LogP contribution < -0.4 is 14.8 Å². The van der Waals surface area contributed by atoms with Crippen molar-refractivity contribution in [3.8, 4) is 22.8 Å². The Hall–Kier alpha value is -3.97. The first-order valence-electron chi connectivity index (χ1n) is 9.96. The predicted molar refractivity (Wildman–Crippen MR) is 128 cm³/mol. The molecule has 2 aromatic heterocycles. The number of carbonyl (C=O) groups is 1. The molecule has 0 aliphatic carbocycles. The molecule has 5 aromatic rings. The summed E-state index contributed by atoms with van der Waals surface area (Å²) in [6.07, 6.45) is 0. The molecule has 3 aromatic carbocycles. The van der Waals surface area contributed by atoms with Crippen molar-refractivity contribution in [2.75, 3.05) is 19.5 Å². The number of ether oxygens (including phenoxy) is 2. The highest BCUT2D eigenvalue weighted by Gasteiger charge is 2.18. The Morgan fingerprint density at radius 2 is 1.59 bits per heavy atom. The Morgan fingerprint density at radius 3 is 2.38 bits per heavy atom. The molecule has 1 N–H and O–H groups in total. The van der Waals surface area contributed by atoms with Gasteiger partial charge < -0.3 is 9.47 Å². The molecule has 2 heterocycles. The average Bonchev–Trinajstić information content (AvgIpc) is 3.26. The number of amides is 1. The molecule has 158 valence electrons. The summed E-state index contributed by atoms with van der Waals surface area (Å²) in [6.45, 7) is 0. The first kappa shape index (κ1) is 20.0. The molecule has 6 nitrogen and oxygen atoms in total. The Bertz CT molecular complexity index is 1410. The van der Waals surface area contributed by atoms with Gasteiger partial charge in [0.15, 0.2) is 5.13 Å². The first-order valence-corrected chi connectivity index (χ1v) is 10.8. The second kappa shape index (κ2) is 8.28. The highest BCUT2D eigenvalue weighted by molar-refractivity contribution is 7.22. The van der Waals surface area contributed by atoms with E-state index in [1.54, 1.807) is 20.3 Å². The lowest BCUT2D eigenvalue weighted by Gasteiger charge is -2.09. The van der Waals surface area contributed by atoms with E-state index in [1.165, 1.54) is 11.3 Å². The lowest BCUT2D eigenvalue weighted by Crippen LogP contribution is -2.13. The molecule has 0 saturated carbocycles. The number of aromatic nitrogens is 2. The van der Waals surface area contributed by atoms with Crippen molar-refractivity contribution in [2.24, 2.45) is 0 Å². The van der Waals surface area contributed by atoms with E-state index in [2.05, 4.69) is 10.3 Å². The molecule has 0 aliphatic rings. The average molecular weight is 442 g/mol. The number of nitrogens with one attached hydrogen (secondary N) is 1. The van der Waals surface area contributed by atoms with Crippen LogP contribution in [-0.2, 0) is 0 Å². The van der Waals surface area contributed by atoms with Crippen LogP contribution in [0.1, 0.15) is 10.4 Å². The molecule has 32 heavy (non-hydrogen) atoms. The van der Waals surface area contributed by atoms with E-state index < -0.39 is 0 Å². The summed E-state index contributed by atoms with van der Waals surface area (Å²) in [6, 6.07) is 22.9. The first-order chi connectivity index (χ1) is 15.7. The quantitative estimate of drug-likeness (QED) is 0.374. The van der Waals surface area contributed by atoms with Crippen molar-refractivity contribution in [2.45, 2.75) is 0 Å². The fourth-order valence-electron chi connectivity index (χ4n) is 3.62. The minimum Gasteiger partial charge on any atom is -0.495 e. The van der Waals surface area contributed by atoms with Crippen molar-refractivity contribution in [3.05, 3.63) is 78.4 Å². The maximum Gasteiger partial charge on any atom is 0.258 e. The van der Waals surface area contributed by atoms with Crippen LogP contribution in [0.15, 0.2) is 72.8 Å². The number of carbonyl (C=O) groups excluding carboxylic acids is 1. The second-order valence-electron chi connectivity index (χ2n) is 7.06. The Kier molecular flexibility index (Phi) is 5.17. The van der Waals surface area contributed by atoms with Gasteiger partial charge in [0.1, 0.15) is 21.7 Å². The van der Waals surface area contributed by atoms with Gasteiger partial charge in [-0.3, -0.25) is 10.1 Å². The number of methoxy groups -OCH3 is 2. The van der Waals surface area contributed by atoms with Crippen molar-refractivity contribution < 1.29 is 14.3 Å². The van der Waals surface area contributed by atoms with Crippen LogP contribution in [0.25, 0.3) is 32.4 Å². The standard InChI is InChI=1S/C25H19N3O3S/c1-30-20-12-13-21(31-2)23-22(20)27-25(32-23)28-24(29)17-14-19(15-8-4-3-5-9-15)26-18-11-7-6-10-16(17)18/h3-14H,1-2H3,(H,27,28,29). The summed E-state index contributed by atoms with van der Waals surface area (Å²) in [5.41, 5.74) is 3.62. The summed E-state index contributed by atoms with van der Waals surface area (Å²) in [5, 5.41) is 4.20. The minimum atomic E-state index is -0.252. The zero-order valence-electron chi connectivity index (χ0n) is 17.5. The third-order valence-electron chi connectivity index (χ3n) is 5.16. The smallest absolute Gasteiger partial charge is 0.258 e. The molecular weight excluding hydrogens is 422 g/mol. The Labute approximate surface area is 188 Å². The number of rotatable bonds is 5. The van der Waals surface area contributed by atoms with E-state index in [4.69, 9.17) is 14.5 Å². The fraction of sp³-hybridized carbons (Fsp3) is 0.0800. The van der Waals surface area contributed by atoms with Gasteiger partial charge in [0.25, 0.3) is 5.91 Å². The molecule has 1 amide bonds. The van der Waals surface area contributed by atoms with Crippen LogP contribution in [-0.4, -0.2) is 30.1 Å². The van der Waals surface area contributed by atoms with Crippen LogP contribution in [0.4, 0.5) is 5.13 Å². The van der Waals surface area contributed by atoms with Gasteiger partial charge in [0.2, 0.25) is 0 Å². The van der Waals surface area contributed by atoms with E-state index in [1.807, 2.05) is 66.7 Å². The van der Waals surface area contributed by atoms with Gasteiger partial charge >= 0.3 is 0 Å². The van der Waals surface area contributed by atoms with Gasteiger partial charge in [-0.05, 0) is 24.3 Å². The molecule has 0 bridgehead atoms. The number of hydrogen-bond donors (Lipinski definition) is 1. The van der Waals surface area contributed by atoms with E-state index >= 15 is 0 Å². The topological polar surface area (TPSA) is 73.3 Å². The monoisotopic (exact) mass is 441 g/mol. The zero-order valence-corrected chi connectivity index (χ0v) is 18.3. The Morgan fingerprint density at radius 1 is 0.875 bits per heavy atom. The summed E-state index contributed by atoms with van der Waals surface area (Å²) in [5.74, 6) is 1.05. The highest BCUT2D eigenvalue weighted by atomic mass is 32.1. The van der Waals surface area contributed by atoms with Crippen molar-refractivity contribution in [1.29, 1.82) is 0 Å². The number of hydrogen-bond acceptors (Lipinski definition) is 6. The molecule has 5 rings (SSSR count). The third kappa shape index (κ3) is 3.52.